The van der Waals surface area contributed by atoms with Crippen molar-refractivity contribution in [1.29, 1.82) is 0 Å². The fourth-order valence-electron chi connectivity index (χ4n) is 1.41. The summed E-state index contributed by atoms with van der Waals surface area (Å²) in [6, 6.07) is 0. The van der Waals surface area contributed by atoms with Crippen molar-refractivity contribution in [3.63, 3.8) is 0 Å². The first kappa shape index (κ1) is 14.2. The number of rotatable bonds is 7. The smallest absolute Gasteiger partial charge is 0.150 e. The van der Waals surface area contributed by atoms with E-state index in [1.165, 1.54) is 6.33 Å². The quantitative estimate of drug-likeness (QED) is 0.749. The molecule has 1 aromatic rings. The predicted molar refractivity (Wildman–Crippen MR) is 71.2 cm³/mol. The van der Waals surface area contributed by atoms with Gasteiger partial charge in [-0.2, -0.15) is 16.9 Å². The number of aromatic nitrogens is 3. The molecule has 4 nitrogen and oxygen atoms in total. The van der Waals surface area contributed by atoms with Gasteiger partial charge in [0.05, 0.1) is 12.2 Å². The number of carbonyl (C=O) groups is 1. The number of nitrogens with zero attached hydrogens (tertiary/aromatic N) is 3. The van der Waals surface area contributed by atoms with Crippen LogP contribution in [-0.4, -0.2) is 31.6 Å². The van der Waals surface area contributed by atoms with Gasteiger partial charge in [-0.05, 0) is 11.2 Å². The maximum Gasteiger partial charge on any atom is 0.150 e. The molecule has 0 aliphatic heterocycles. The molecule has 1 heterocycles. The van der Waals surface area contributed by atoms with E-state index in [4.69, 9.17) is 0 Å². The molecule has 0 saturated heterocycles. The van der Waals surface area contributed by atoms with Crippen LogP contribution < -0.4 is 0 Å². The van der Waals surface area contributed by atoms with Gasteiger partial charge in [0.15, 0.2) is 0 Å². The molecule has 0 N–H and O–H groups in total. The molecule has 0 unspecified atom stereocenters. The van der Waals surface area contributed by atoms with Gasteiger partial charge < -0.3 is 0 Å². The highest BCUT2D eigenvalue weighted by atomic mass is 32.2. The number of Topliss-reactive ketones (excluding diaryl/α,β-unsaturated/α-hetero) is 1. The average Bonchev–Trinajstić information content (AvgIpc) is 2.62. The zero-order chi connectivity index (χ0) is 12.8. The maximum absolute atomic E-state index is 11.8. The van der Waals surface area contributed by atoms with Gasteiger partial charge >= 0.3 is 0 Å². The molecule has 0 atom stereocenters. The summed E-state index contributed by atoms with van der Waals surface area (Å²) in [7, 11) is 0. The standard InChI is InChI=1S/C12H21N3OS/c1-9(2)6-15-12(13-8-14-15)5-11(16)7-17-10(3)4/h8-10H,5-7H2,1-4H3. The van der Waals surface area contributed by atoms with E-state index in [-0.39, 0.29) is 5.78 Å². The summed E-state index contributed by atoms with van der Waals surface area (Å²) < 4.78 is 1.84. The second kappa shape index (κ2) is 6.79. The first-order valence-corrected chi connectivity index (χ1v) is 7.04. The molecule has 0 aliphatic carbocycles. The first-order valence-electron chi connectivity index (χ1n) is 5.99. The van der Waals surface area contributed by atoms with Crippen LogP contribution in [0.5, 0.6) is 0 Å². The van der Waals surface area contributed by atoms with Crippen molar-refractivity contribution < 1.29 is 4.79 Å². The van der Waals surface area contributed by atoms with Crippen molar-refractivity contribution >= 4 is 17.5 Å². The van der Waals surface area contributed by atoms with E-state index in [0.29, 0.717) is 23.3 Å². The molecule has 5 heteroatoms. The van der Waals surface area contributed by atoms with Crippen LogP contribution in [0.4, 0.5) is 0 Å². The van der Waals surface area contributed by atoms with Crippen molar-refractivity contribution in [3.8, 4) is 0 Å². The third kappa shape index (κ3) is 5.35. The van der Waals surface area contributed by atoms with Crippen LogP contribution in [0.2, 0.25) is 0 Å². The fourth-order valence-corrected chi connectivity index (χ4v) is 2.03. The molecule has 0 aliphatic rings. The summed E-state index contributed by atoms with van der Waals surface area (Å²) >= 11 is 1.67. The van der Waals surface area contributed by atoms with Gasteiger partial charge in [0.1, 0.15) is 17.9 Å². The van der Waals surface area contributed by atoms with Gasteiger partial charge in [-0.3, -0.25) is 4.79 Å². The second-order valence-electron chi connectivity index (χ2n) is 4.83. The van der Waals surface area contributed by atoms with Crippen LogP contribution in [0, 0.1) is 5.92 Å². The van der Waals surface area contributed by atoms with E-state index in [2.05, 4.69) is 37.8 Å². The number of ketones is 1. The maximum atomic E-state index is 11.8. The lowest BCUT2D eigenvalue weighted by atomic mass is 10.2. The van der Waals surface area contributed by atoms with E-state index in [1.807, 2.05) is 4.68 Å². The largest absolute Gasteiger partial charge is 0.298 e. The zero-order valence-corrected chi connectivity index (χ0v) is 11.8. The van der Waals surface area contributed by atoms with Crippen molar-refractivity contribution in [1.82, 2.24) is 14.8 Å². The molecule has 0 saturated carbocycles. The molecule has 0 bridgehead atoms. The zero-order valence-electron chi connectivity index (χ0n) is 11.0. The van der Waals surface area contributed by atoms with Crippen molar-refractivity contribution in [2.75, 3.05) is 5.75 Å². The summed E-state index contributed by atoms with van der Waals surface area (Å²) in [5, 5.41) is 4.64. The molecule has 0 aromatic carbocycles. The molecular formula is C12H21N3OS. The van der Waals surface area contributed by atoms with Gasteiger partial charge in [0.2, 0.25) is 0 Å². The molecule has 17 heavy (non-hydrogen) atoms. The van der Waals surface area contributed by atoms with Gasteiger partial charge in [0, 0.05) is 6.54 Å². The molecule has 0 radical (unpaired) electrons. The Morgan fingerprint density at radius 3 is 2.71 bits per heavy atom. The van der Waals surface area contributed by atoms with Crippen molar-refractivity contribution in [2.24, 2.45) is 5.92 Å². The Bertz CT molecular complexity index is 360. The Kier molecular flexibility index (Phi) is 5.68. The van der Waals surface area contributed by atoms with Crippen LogP contribution in [0.25, 0.3) is 0 Å². The van der Waals surface area contributed by atoms with E-state index >= 15 is 0 Å². The summed E-state index contributed by atoms with van der Waals surface area (Å²) in [6.07, 6.45) is 1.92. The van der Waals surface area contributed by atoms with Crippen LogP contribution in [0.1, 0.15) is 33.5 Å². The molecular weight excluding hydrogens is 234 g/mol. The van der Waals surface area contributed by atoms with Gasteiger partial charge in [-0.1, -0.05) is 27.7 Å². The third-order valence-corrected chi connectivity index (χ3v) is 3.32. The number of carbonyl (C=O) groups excluding carboxylic acids is 1. The highest BCUT2D eigenvalue weighted by Crippen LogP contribution is 2.10. The van der Waals surface area contributed by atoms with Crippen LogP contribution in [0.15, 0.2) is 6.33 Å². The van der Waals surface area contributed by atoms with Crippen LogP contribution in [-0.2, 0) is 17.8 Å². The summed E-state index contributed by atoms with van der Waals surface area (Å²) in [4.78, 5) is 15.9. The van der Waals surface area contributed by atoms with Crippen LogP contribution >= 0.6 is 11.8 Å². The minimum absolute atomic E-state index is 0.224. The topological polar surface area (TPSA) is 47.8 Å². The molecule has 0 amide bonds. The predicted octanol–water partition coefficient (Wildman–Crippen LogP) is 2.19. The monoisotopic (exact) mass is 255 g/mol. The summed E-state index contributed by atoms with van der Waals surface area (Å²) in [5.74, 6) is 2.08. The van der Waals surface area contributed by atoms with E-state index in [0.717, 1.165) is 12.4 Å². The molecule has 1 rings (SSSR count). The minimum Gasteiger partial charge on any atom is -0.298 e. The summed E-state index contributed by atoms with van der Waals surface area (Å²) in [5.41, 5.74) is 0. The molecule has 0 fully saturated rings. The number of hydrogen-bond acceptors (Lipinski definition) is 4. The van der Waals surface area contributed by atoms with E-state index < -0.39 is 0 Å². The van der Waals surface area contributed by atoms with Gasteiger partial charge in [0.25, 0.3) is 0 Å². The average molecular weight is 255 g/mol. The normalized spacial score (nSPS) is 11.4. The lowest BCUT2D eigenvalue weighted by molar-refractivity contribution is -0.116. The van der Waals surface area contributed by atoms with Gasteiger partial charge in [-0.25, -0.2) is 9.67 Å². The third-order valence-electron chi connectivity index (χ3n) is 2.17. The van der Waals surface area contributed by atoms with Crippen molar-refractivity contribution in [2.45, 2.75) is 45.9 Å². The molecule has 0 spiro atoms. The summed E-state index contributed by atoms with van der Waals surface area (Å²) in [6.45, 7) is 9.27. The van der Waals surface area contributed by atoms with Crippen molar-refractivity contribution in [3.05, 3.63) is 12.2 Å². The lowest BCUT2D eigenvalue weighted by Gasteiger charge is -2.08. The van der Waals surface area contributed by atoms with Crippen LogP contribution in [0.3, 0.4) is 0 Å². The highest BCUT2D eigenvalue weighted by molar-refractivity contribution is 8.00. The first-order chi connectivity index (χ1) is 7.99. The Morgan fingerprint density at radius 2 is 2.12 bits per heavy atom. The lowest BCUT2D eigenvalue weighted by Crippen LogP contribution is -2.15. The number of hydrogen-bond donors (Lipinski definition) is 0. The fraction of sp³-hybridized carbons (Fsp3) is 0.750. The Balaban J connectivity index is 2.50. The molecule has 1 aromatic heterocycles. The second-order valence-corrected chi connectivity index (χ2v) is 6.39. The minimum atomic E-state index is 0.224. The highest BCUT2D eigenvalue weighted by Gasteiger charge is 2.11. The Hall–Kier alpha value is -0.840. The Morgan fingerprint density at radius 1 is 1.41 bits per heavy atom. The van der Waals surface area contributed by atoms with E-state index in [1.54, 1.807) is 11.8 Å². The Labute approximate surface area is 107 Å². The van der Waals surface area contributed by atoms with Gasteiger partial charge in [-0.15, -0.1) is 0 Å². The van der Waals surface area contributed by atoms with E-state index in [9.17, 15) is 4.79 Å². The molecule has 96 valence electrons. The SMILES string of the molecule is CC(C)Cn1ncnc1CC(=O)CSC(C)C. The number of thioether (sulfide) groups is 1.